The topological polar surface area (TPSA) is 70.4 Å². The van der Waals surface area contributed by atoms with Gasteiger partial charge in [-0.1, -0.05) is 6.92 Å². The minimum atomic E-state index is -1.02. The molecule has 1 aromatic rings. The Hall–Kier alpha value is -0.940. The standard InChI is InChI=1S/C10H12BrNO3/c1-2-8(10(14)15)9(13)6-3-7(11)5-12-4-6/h3-5,8-9,13H,2H2,1H3,(H,14,15). The number of hydrogen-bond acceptors (Lipinski definition) is 3. The molecule has 0 spiro atoms. The maximum Gasteiger partial charge on any atom is 0.309 e. The maximum absolute atomic E-state index is 10.8. The summed E-state index contributed by atoms with van der Waals surface area (Å²) < 4.78 is 0.722. The van der Waals surface area contributed by atoms with E-state index in [1.807, 2.05) is 0 Å². The molecule has 0 radical (unpaired) electrons. The van der Waals surface area contributed by atoms with Crippen LogP contribution in [0.1, 0.15) is 25.0 Å². The number of pyridine rings is 1. The monoisotopic (exact) mass is 273 g/mol. The molecule has 0 aliphatic rings. The fourth-order valence-electron chi connectivity index (χ4n) is 1.36. The largest absolute Gasteiger partial charge is 0.481 e. The number of carboxylic acid groups (broad SMARTS) is 1. The first kappa shape index (κ1) is 12.1. The Morgan fingerprint density at radius 1 is 1.60 bits per heavy atom. The third-order valence-electron chi connectivity index (χ3n) is 2.21. The minimum absolute atomic E-state index is 0.378. The van der Waals surface area contributed by atoms with Crippen LogP contribution in [-0.4, -0.2) is 21.2 Å². The molecule has 2 atom stereocenters. The van der Waals surface area contributed by atoms with E-state index in [9.17, 15) is 9.90 Å². The molecule has 1 rings (SSSR count). The van der Waals surface area contributed by atoms with E-state index < -0.39 is 18.0 Å². The van der Waals surface area contributed by atoms with Crippen molar-refractivity contribution in [2.45, 2.75) is 19.4 Å². The Morgan fingerprint density at radius 3 is 2.73 bits per heavy atom. The highest BCUT2D eigenvalue weighted by Gasteiger charge is 2.26. The summed E-state index contributed by atoms with van der Waals surface area (Å²) in [6, 6.07) is 1.67. The summed E-state index contributed by atoms with van der Waals surface area (Å²) in [7, 11) is 0. The fourth-order valence-corrected chi connectivity index (χ4v) is 1.74. The smallest absolute Gasteiger partial charge is 0.309 e. The number of nitrogens with zero attached hydrogens (tertiary/aromatic N) is 1. The molecule has 1 aromatic heterocycles. The zero-order valence-corrected chi connectivity index (χ0v) is 9.81. The molecule has 82 valence electrons. The summed E-state index contributed by atoms with van der Waals surface area (Å²) in [6.07, 6.45) is 2.42. The molecule has 2 N–H and O–H groups in total. The zero-order valence-electron chi connectivity index (χ0n) is 8.22. The second-order valence-electron chi connectivity index (χ2n) is 3.23. The Bertz CT molecular complexity index is 356. The van der Waals surface area contributed by atoms with Gasteiger partial charge < -0.3 is 10.2 Å². The molecule has 0 saturated heterocycles. The van der Waals surface area contributed by atoms with Crippen LogP contribution in [0.4, 0.5) is 0 Å². The first-order valence-electron chi connectivity index (χ1n) is 4.57. The summed E-state index contributed by atoms with van der Waals surface area (Å²) >= 11 is 3.22. The molecule has 0 saturated carbocycles. The molecule has 0 aliphatic heterocycles. The van der Waals surface area contributed by atoms with E-state index in [-0.39, 0.29) is 0 Å². The number of aliphatic hydroxyl groups excluding tert-OH is 1. The average molecular weight is 274 g/mol. The number of carbonyl (C=O) groups is 1. The van der Waals surface area contributed by atoms with Crippen molar-refractivity contribution in [1.29, 1.82) is 0 Å². The highest BCUT2D eigenvalue weighted by Crippen LogP contribution is 2.25. The zero-order chi connectivity index (χ0) is 11.4. The number of rotatable bonds is 4. The fraction of sp³-hybridized carbons (Fsp3) is 0.400. The summed E-state index contributed by atoms with van der Waals surface area (Å²) in [5.41, 5.74) is 0.513. The van der Waals surface area contributed by atoms with E-state index in [2.05, 4.69) is 20.9 Å². The molecule has 0 amide bonds. The van der Waals surface area contributed by atoms with Gasteiger partial charge in [0.25, 0.3) is 0 Å². The van der Waals surface area contributed by atoms with Crippen molar-refractivity contribution >= 4 is 21.9 Å². The van der Waals surface area contributed by atoms with E-state index in [1.54, 1.807) is 19.2 Å². The highest BCUT2D eigenvalue weighted by molar-refractivity contribution is 9.10. The van der Waals surface area contributed by atoms with Crippen LogP contribution in [0.3, 0.4) is 0 Å². The number of aliphatic hydroxyl groups is 1. The lowest BCUT2D eigenvalue weighted by molar-refractivity contribution is -0.146. The van der Waals surface area contributed by atoms with Crippen LogP contribution in [-0.2, 0) is 4.79 Å². The lowest BCUT2D eigenvalue weighted by Crippen LogP contribution is -2.21. The van der Waals surface area contributed by atoms with E-state index in [1.165, 1.54) is 6.20 Å². The molecule has 15 heavy (non-hydrogen) atoms. The number of halogens is 1. The van der Waals surface area contributed by atoms with Crippen LogP contribution in [0, 0.1) is 5.92 Å². The van der Waals surface area contributed by atoms with Gasteiger partial charge in [-0.2, -0.15) is 0 Å². The second-order valence-corrected chi connectivity index (χ2v) is 4.15. The highest BCUT2D eigenvalue weighted by atomic mass is 79.9. The molecule has 2 unspecified atom stereocenters. The van der Waals surface area contributed by atoms with E-state index in [0.717, 1.165) is 4.47 Å². The molecule has 0 aliphatic carbocycles. The molecule has 0 bridgehead atoms. The van der Waals surface area contributed by atoms with Crippen molar-refractivity contribution in [1.82, 2.24) is 4.98 Å². The molecule has 5 heteroatoms. The van der Waals surface area contributed by atoms with E-state index in [0.29, 0.717) is 12.0 Å². The summed E-state index contributed by atoms with van der Waals surface area (Å²) in [4.78, 5) is 14.7. The Kier molecular flexibility index (Phi) is 4.23. The third-order valence-corrected chi connectivity index (χ3v) is 2.64. The Balaban J connectivity index is 2.92. The van der Waals surface area contributed by atoms with Gasteiger partial charge in [0.15, 0.2) is 0 Å². The van der Waals surface area contributed by atoms with Crippen LogP contribution in [0.25, 0.3) is 0 Å². The van der Waals surface area contributed by atoms with Crippen LogP contribution < -0.4 is 0 Å². The van der Waals surface area contributed by atoms with Gasteiger partial charge in [0, 0.05) is 22.4 Å². The number of aliphatic carboxylic acids is 1. The lowest BCUT2D eigenvalue weighted by Gasteiger charge is -2.17. The van der Waals surface area contributed by atoms with Gasteiger partial charge in [-0.3, -0.25) is 9.78 Å². The van der Waals surface area contributed by atoms with Crippen LogP contribution >= 0.6 is 15.9 Å². The normalized spacial score (nSPS) is 14.6. The van der Waals surface area contributed by atoms with E-state index >= 15 is 0 Å². The molecule has 1 heterocycles. The maximum atomic E-state index is 10.8. The third kappa shape index (κ3) is 3.00. The summed E-state index contributed by atoms with van der Waals surface area (Å²) in [6.45, 7) is 1.73. The SMILES string of the molecule is CCC(C(=O)O)C(O)c1cncc(Br)c1. The summed E-state index contributed by atoms with van der Waals surface area (Å²) in [5.74, 6) is -1.79. The number of hydrogen-bond donors (Lipinski definition) is 2. The predicted octanol–water partition coefficient (Wildman–Crippen LogP) is 1.99. The van der Waals surface area contributed by atoms with Crippen LogP contribution in [0.5, 0.6) is 0 Å². The predicted molar refractivity (Wildman–Crippen MR) is 58.3 cm³/mol. The number of aromatic nitrogens is 1. The van der Waals surface area contributed by atoms with Crippen molar-refractivity contribution in [3.8, 4) is 0 Å². The van der Waals surface area contributed by atoms with Crippen LogP contribution in [0.2, 0.25) is 0 Å². The van der Waals surface area contributed by atoms with Gasteiger partial charge in [0.2, 0.25) is 0 Å². The lowest BCUT2D eigenvalue weighted by atomic mass is 9.95. The van der Waals surface area contributed by atoms with Crippen molar-refractivity contribution in [3.05, 3.63) is 28.5 Å². The Morgan fingerprint density at radius 2 is 2.27 bits per heavy atom. The minimum Gasteiger partial charge on any atom is -0.481 e. The van der Waals surface area contributed by atoms with E-state index in [4.69, 9.17) is 5.11 Å². The quantitative estimate of drug-likeness (QED) is 0.880. The van der Waals surface area contributed by atoms with Gasteiger partial charge in [-0.15, -0.1) is 0 Å². The van der Waals surface area contributed by atoms with Gasteiger partial charge in [-0.25, -0.2) is 0 Å². The van der Waals surface area contributed by atoms with Crippen molar-refractivity contribution in [2.24, 2.45) is 5.92 Å². The molecule has 4 nitrogen and oxygen atoms in total. The second kappa shape index (κ2) is 5.23. The first-order chi connectivity index (χ1) is 7.06. The summed E-state index contributed by atoms with van der Waals surface area (Å²) in [5, 5.41) is 18.7. The Labute approximate surface area is 96.1 Å². The first-order valence-corrected chi connectivity index (χ1v) is 5.37. The molecular formula is C10H12BrNO3. The van der Waals surface area contributed by atoms with Crippen LogP contribution in [0.15, 0.2) is 22.9 Å². The van der Waals surface area contributed by atoms with Crippen molar-refractivity contribution < 1.29 is 15.0 Å². The molecule has 0 fully saturated rings. The molecule has 0 aromatic carbocycles. The van der Waals surface area contributed by atoms with Gasteiger partial charge >= 0.3 is 5.97 Å². The van der Waals surface area contributed by atoms with Gasteiger partial charge in [0.05, 0.1) is 12.0 Å². The molecular weight excluding hydrogens is 262 g/mol. The van der Waals surface area contributed by atoms with Gasteiger partial charge in [-0.05, 0) is 28.4 Å². The number of carboxylic acids is 1. The average Bonchev–Trinajstić information content (AvgIpc) is 2.18. The van der Waals surface area contributed by atoms with Crippen molar-refractivity contribution in [2.75, 3.05) is 0 Å². The van der Waals surface area contributed by atoms with Crippen molar-refractivity contribution in [3.63, 3.8) is 0 Å². The van der Waals surface area contributed by atoms with Gasteiger partial charge in [0.1, 0.15) is 0 Å².